The van der Waals surface area contributed by atoms with Crippen LogP contribution >= 0.6 is 0 Å². The number of carbonyl (C=O) groups is 1. The molecule has 0 unspecified atom stereocenters. The molecule has 1 saturated heterocycles. The largest absolute Gasteiger partial charge is 0.477 e. The van der Waals surface area contributed by atoms with Gasteiger partial charge in [0.25, 0.3) is 5.69 Å². The molecule has 1 fully saturated rings. The highest BCUT2D eigenvalue weighted by Crippen LogP contribution is 2.27. The van der Waals surface area contributed by atoms with Gasteiger partial charge in [-0.2, -0.15) is 0 Å². The zero-order valence-corrected chi connectivity index (χ0v) is 23.4. The summed E-state index contributed by atoms with van der Waals surface area (Å²) in [6, 6.07) is 17.2. The van der Waals surface area contributed by atoms with E-state index in [0.29, 0.717) is 57.0 Å². The number of aryl methyl sites for hydroxylation is 1. The fourth-order valence-corrected chi connectivity index (χ4v) is 5.73. The molecule has 0 aliphatic carbocycles. The van der Waals surface area contributed by atoms with E-state index in [1.54, 1.807) is 22.8 Å². The lowest BCUT2D eigenvalue weighted by atomic mass is 10.1. The Hall–Kier alpha value is -5.10. The summed E-state index contributed by atoms with van der Waals surface area (Å²) in [7, 11) is 0. The summed E-state index contributed by atoms with van der Waals surface area (Å²) in [5.41, 5.74) is 2.60. The summed E-state index contributed by atoms with van der Waals surface area (Å²) >= 11 is 0. The Morgan fingerprint density at radius 2 is 1.74 bits per heavy atom. The van der Waals surface area contributed by atoms with Crippen molar-refractivity contribution in [3.05, 3.63) is 110 Å². The molecule has 3 aromatic carbocycles. The molecular formula is C31H29FN6O5. The number of carboxylic acid groups (broad SMARTS) is 1. The van der Waals surface area contributed by atoms with Crippen molar-refractivity contribution in [3.63, 3.8) is 0 Å². The molecule has 0 radical (unpaired) electrons. The normalized spacial score (nSPS) is 14.0. The minimum atomic E-state index is -1.34. The van der Waals surface area contributed by atoms with Gasteiger partial charge in [-0.1, -0.05) is 24.3 Å². The summed E-state index contributed by atoms with van der Waals surface area (Å²) in [6.45, 7) is 5.75. The zero-order chi connectivity index (χ0) is 30.2. The van der Waals surface area contributed by atoms with Crippen molar-refractivity contribution in [3.8, 4) is 0 Å². The van der Waals surface area contributed by atoms with E-state index >= 15 is 4.39 Å². The van der Waals surface area contributed by atoms with Crippen LogP contribution in [-0.4, -0.2) is 61.2 Å². The van der Waals surface area contributed by atoms with E-state index < -0.39 is 22.1 Å². The Morgan fingerprint density at radius 3 is 2.42 bits per heavy atom. The third-order valence-corrected chi connectivity index (χ3v) is 8.02. The molecule has 0 amide bonds. The number of nitro groups is 1. The second-order valence-electron chi connectivity index (χ2n) is 10.6. The van der Waals surface area contributed by atoms with Crippen molar-refractivity contribution < 1.29 is 19.2 Å². The van der Waals surface area contributed by atoms with Crippen molar-refractivity contribution in [2.24, 2.45) is 0 Å². The molecular weight excluding hydrogens is 555 g/mol. The van der Waals surface area contributed by atoms with Gasteiger partial charge in [-0.3, -0.25) is 19.8 Å². The number of pyridine rings is 1. The van der Waals surface area contributed by atoms with Gasteiger partial charge in [0.15, 0.2) is 0 Å². The second-order valence-corrected chi connectivity index (χ2v) is 10.6. The van der Waals surface area contributed by atoms with Crippen LogP contribution in [0.5, 0.6) is 0 Å². The third kappa shape index (κ3) is 5.32. The number of anilines is 1. The number of nitro benzene ring substituents is 1. The molecule has 0 spiro atoms. The first kappa shape index (κ1) is 28.0. The van der Waals surface area contributed by atoms with Crippen LogP contribution in [0.25, 0.3) is 21.9 Å². The van der Waals surface area contributed by atoms with Crippen molar-refractivity contribution in [1.29, 1.82) is 0 Å². The molecule has 0 atom stereocenters. The van der Waals surface area contributed by atoms with Crippen LogP contribution in [0, 0.1) is 15.9 Å². The lowest BCUT2D eigenvalue weighted by molar-refractivity contribution is -0.384. The summed E-state index contributed by atoms with van der Waals surface area (Å²) in [5, 5.41) is 20.5. The molecule has 220 valence electrons. The Morgan fingerprint density at radius 1 is 1.02 bits per heavy atom. The van der Waals surface area contributed by atoms with Gasteiger partial charge in [0.1, 0.15) is 17.2 Å². The van der Waals surface area contributed by atoms with Crippen LogP contribution in [0.1, 0.15) is 28.7 Å². The number of imidazole rings is 1. The van der Waals surface area contributed by atoms with E-state index in [0.717, 1.165) is 28.5 Å². The van der Waals surface area contributed by atoms with Crippen LogP contribution < -0.4 is 10.3 Å². The number of carboxylic acids is 1. The predicted molar refractivity (Wildman–Crippen MR) is 160 cm³/mol. The Labute approximate surface area is 245 Å². The summed E-state index contributed by atoms with van der Waals surface area (Å²) < 4.78 is 19.1. The van der Waals surface area contributed by atoms with E-state index in [1.807, 2.05) is 36.1 Å². The molecule has 0 bridgehead atoms. The maximum Gasteiger partial charge on any atom is 0.341 e. The zero-order valence-electron chi connectivity index (χ0n) is 23.4. The number of hydrogen-bond acceptors (Lipinski definition) is 7. The van der Waals surface area contributed by atoms with Crippen LogP contribution in [0.4, 0.5) is 15.8 Å². The number of halogens is 1. The first-order valence-electron chi connectivity index (χ1n) is 14.0. The molecule has 3 heterocycles. The average molecular weight is 585 g/mol. The lowest BCUT2D eigenvalue weighted by Gasteiger charge is -2.36. The van der Waals surface area contributed by atoms with Gasteiger partial charge in [0, 0.05) is 63.0 Å². The van der Waals surface area contributed by atoms with E-state index in [4.69, 9.17) is 4.98 Å². The number of rotatable bonds is 8. The van der Waals surface area contributed by atoms with Gasteiger partial charge in [-0.15, -0.1) is 0 Å². The summed E-state index contributed by atoms with van der Waals surface area (Å²) in [6.07, 6.45) is 1.31. The average Bonchev–Trinajstić information content (AvgIpc) is 3.34. The smallest absolute Gasteiger partial charge is 0.341 e. The van der Waals surface area contributed by atoms with E-state index in [1.165, 1.54) is 18.3 Å². The molecule has 6 rings (SSSR count). The quantitative estimate of drug-likeness (QED) is 0.209. The van der Waals surface area contributed by atoms with E-state index in [2.05, 4.69) is 9.47 Å². The number of para-hydroxylation sites is 2. The van der Waals surface area contributed by atoms with Gasteiger partial charge in [-0.05, 0) is 36.8 Å². The predicted octanol–water partition coefficient (Wildman–Crippen LogP) is 4.49. The van der Waals surface area contributed by atoms with Crippen LogP contribution in [0.2, 0.25) is 0 Å². The number of aromatic nitrogens is 3. The topological polar surface area (TPSA) is 127 Å². The van der Waals surface area contributed by atoms with Crippen molar-refractivity contribution in [1.82, 2.24) is 19.0 Å². The van der Waals surface area contributed by atoms with Gasteiger partial charge in [0.2, 0.25) is 5.43 Å². The van der Waals surface area contributed by atoms with Gasteiger partial charge in [0.05, 0.1) is 33.7 Å². The van der Waals surface area contributed by atoms with Crippen LogP contribution in [0.3, 0.4) is 0 Å². The highest BCUT2D eigenvalue weighted by molar-refractivity contribution is 5.93. The lowest BCUT2D eigenvalue weighted by Crippen LogP contribution is -2.46. The highest BCUT2D eigenvalue weighted by atomic mass is 19.1. The number of piperazine rings is 1. The number of aromatic carboxylic acids is 1. The molecule has 5 aromatic rings. The molecule has 1 N–H and O–H groups in total. The van der Waals surface area contributed by atoms with Crippen molar-refractivity contribution in [2.45, 2.75) is 26.6 Å². The molecule has 0 saturated carbocycles. The monoisotopic (exact) mass is 584 g/mol. The van der Waals surface area contributed by atoms with Crippen LogP contribution in [-0.2, 0) is 19.6 Å². The number of non-ortho nitro benzene ring substituents is 1. The Kier molecular flexibility index (Phi) is 7.36. The summed E-state index contributed by atoms with van der Waals surface area (Å²) in [5.74, 6) is -1.03. The SMILES string of the molecule is CCn1cc(C(=O)O)c(=O)c2cc(F)c(N3CCN(Cc4nc5ccccc5n4Cc4ccc([N+](=O)[O-])cc4)CC3)cc21. The maximum atomic E-state index is 15.3. The number of hydrogen-bond donors (Lipinski definition) is 1. The molecule has 1 aliphatic heterocycles. The van der Waals surface area contributed by atoms with Crippen LogP contribution in [0.15, 0.2) is 71.7 Å². The van der Waals surface area contributed by atoms with Crippen molar-refractivity contribution >= 4 is 39.3 Å². The second kappa shape index (κ2) is 11.3. The third-order valence-electron chi connectivity index (χ3n) is 8.02. The molecule has 11 nitrogen and oxygen atoms in total. The van der Waals surface area contributed by atoms with E-state index in [-0.39, 0.29) is 16.6 Å². The van der Waals surface area contributed by atoms with E-state index in [9.17, 15) is 24.8 Å². The first-order valence-corrected chi connectivity index (χ1v) is 14.0. The van der Waals surface area contributed by atoms with Gasteiger partial charge >= 0.3 is 5.97 Å². The Balaban J connectivity index is 1.22. The number of fused-ring (bicyclic) bond motifs is 2. The highest BCUT2D eigenvalue weighted by Gasteiger charge is 2.24. The molecule has 2 aromatic heterocycles. The Bertz CT molecular complexity index is 1930. The van der Waals surface area contributed by atoms with Gasteiger partial charge in [-0.25, -0.2) is 14.2 Å². The minimum absolute atomic E-state index is 0.0446. The van der Waals surface area contributed by atoms with Gasteiger partial charge < -0.3 is 19.1 Å². The first-order chi connectivity index (χ1) is 20.7. The fourth-order valence-electron chi connectivity index (χ4n) is 5.73. The fraction of sp³-hybridized carbons (Fsp3) is 0.258. The molecule has 43 heavy (non-hydrogen) atoms. The molecule has 12 heteroatoms. The standard InChI is InChI=1S/C31H29FN6O5/c1-2-35-18-23(31(40)41)30(39)22-15-24(32)28(16-27(22)35)36-13-11-34(12-14-36)19-29-33-25-5-3-4-6-26(25)37(29)17-20-7-9-21(10-8-20)38(42)43/h3-10,15-16,18H,2,11-14,17,19H2,1H3,(H,40,41). The summed E-state index contributed by atoms with van der Waals surface area (Å²) in [4.78, 5) is 44.0. The molecule has 1 aliphatic rings. The number of benzene rings is 3. The van der Waals surface area contributed by atoms with Crippen molar-refractivity contribution in [2.75, 3.05) is 31.1 Å². The maximum absolute atomic E-state index is 15.3. The minimum Gasteiger partial charge on any atom is -0.477 e. The number of nitrogens with zero attached hydrogens (tertiary/aromatic N) is 6.